The molecule has 1 aromatic rings. The molecule has 0 atom stereocenters. The summed E-state index contributed by atoms with van der Waals surface area (Å²) in [6, 6.07) is 7.71. The van der Waals surface area contributed by atoms with Crippen LogP contribution in [0.25, 0.3) is 0 Å². The molecule has 1 rings (SSSR count). The first-order chi connectivity index (χ1) is 5.77. The highest BCUT2D eigenvalue weighted by Gasteiger charge is 2.01. The van der Waals surface area contributed by atoms with E-state index in [4.69, 9.17) is 0 Å². The number of rotatable bonds is 3. The number of nitrogens with zero attached hydrogens (tertiary/aromatic N) is 2. The summed E-state index contributed by atoms with van der Waals surface area (Å²) < 4.78 is 0. The van der Waals surface area contributed by atoms with Gasteiger partial charge in [0.05, 0.1) is 11.0 Å². The van der Waals surface area contributed by atoms with Crippen molar-refractivity contribution in [2.24, 2.45) is 5.29 Å². The zero-order chi connectivity index (χ0) is 8.97. The highest BCUT2D eigenvalue weighted by atomic mass is 16.3. The number of benzene rings is 1. The van der Waals surface area contributed by atoms with Crippen molar-refractivity contribution in [2.45, 2.75) is 13.8 Å². The van der Waals surface area contributed by atoms with Gasteiger partial charge in [-0.2, -0.15) is 0 Å². The van der Waals surface area contributed by atoms with E-state index >= 15 is 0 Å². The van der Waals surface area contributed by atoms with Crippen LogP contribution in [-0.4, -0.2) is 6.54 Å². The van der Waals surface area contributed by atoms with E-state index in [1.165, 1.54) is 5.01 Å². The lowest BCUT2D eigenvalue weighted by molar-refractivity contribution is 0.884. The van der Waals surface area contributed by atoms with Crippen LogP contribution in [0.3, 0.4) is 0 Å². The van der Waals surface area contributed by atoms with Crippen LogP contribution in [0, 0.1) is 11.8 Å². The van der Waals surface area contributed by atoms with Gasteiger partial charge in [0, 0.05) is 6.54 Å². The van der Waals surface area contributed by atoms with Crippen molar-refractivity contribution in [1.29, 1.82) is 0 Å². The second-order valence-electron chi connectivity index (χ2n) is 2.64. The van der Waals surface area contributed by atoms with Crippen LogP contribution in [0.15, 0.2) is 29.6 Å². The van der Waals surface area contributed by atoms with E-state index < -0.39 is 0 Å². The maximum Gasteiger partial charge on any atom is 0.0628 e. The molecular formula is C9H12N2O. The molecule has 0 heterocycles. The number of aryl methyl sites for hydroxylation is 1. The van der Waals surface area contributed by atoms with Crippen LogP contribution in [-0.2, 0) is 0 Å². The lowest BCUT2D eigenvalue weighted by Crippen LogP contribution is -2.13. The van der Waals surface area contributed by atoms with Crippen molar-refractivity contribution in [1.82, 2.24) is 0 Å². The zero-order valence-corrected chi connectivity index (χ0v) is 7.32. The van der Waals surface area contributed by atoms with Gasteiger partial charge >= 0.3 is 0 Å². The Morgan fingerprint density at radius 1 is 1.50 bits per heavy atom. The topological polar surface area (TPSA) is 32.7 Å². The summed E-state index contributed by atoms with van der Waals surface area (Å²) >= 11 is 0. The molecule has 3 heteroatoms. The molecule has 0 unspecified atom stereocenters. The number of nitroso groups, excluding NO2 is 1. The Bertz CT molecular complexity index is 273. The molecule has 0 saturated carbocycles. The molecule has 0 aliphatic carbocycles. The minimum Gasteiger partial charge on any atom is -0.230 e. The molecule has 1 aromatic carbocycles. The Morgan fingerprint density at radius 2 is 2.25 bits per heavy atom. The Labute approximate surface area is 72.0 Å². The third kappa shape index (κ3) is 1.81. The molecule has 3 nitrogen and oxygen atoms in total. The maximum absolute atomic E-state index is 10.3. The van der Waals surface area contributed by atoms with Gasteiger partial charge in [-0.25, -0.2) is 5.01 Å². The summed E-state index contributed by atoms with van der Waals surface area (Å²) in [6.45, 7) is 4.48. The van der Waals surface area contributed by atoms with Crippen LogP contribution in [0.5, 0.6) is 0 Å². The van der Waals surface area contributed by atoms with Crippen LogP contribution in [0.1, 0.15) is 12.5 Å². The monoisotopic (exact) mass is 164 g/mol. The van der Waals surface area contributed by atoms with Crippen molar-refractivity contribution >= 4 is 5.69 Å². The molecule has 12 heavy (non-hydrogen) atoms. The van der Waals surface area contributed by atoms with Gasteiger partial charge in [-0.05, 0) is 31.5 Å². The largest absolute Gasteiger partial charge is 0.230 e. The normalized spacial score (nSPS) is 9.50. The van der Waals surface area contributed by atoms with Crippen molar-refractivity contribution in [3.8, 4) is 0 Å². The zero-order valence-electron chi connectivity index (χ0n) is 7.32. The van der Waals surface area contributed by atoms with Crippen molar-refractivity contribution in [3.63, 3.8) is 0 Å². The molecule has 0 aliphatic rings. The summed E-state index contributed by atoms with van der Waals surface area (Å²) in [5.41, 5.74) is 1.99. The highest BCUT2D eigenvalue weighted by Crippen LogP contribution is 2.15. The number of hydrogen-bond acceptors (Lipinski definition) is 2. The third-order valence-corrected chi connectivity index (χ3v) is 1.70. The van der Waals surface area contributed by atoms with Crippen molar-refractivity contribution in [3.05, 3.63) is 34.7 Å². The van der Waals surface area contributed by atoms with E-state index in [1.54, 1.807) is 0 Å². The van der Waals surface area contributed by atoms with E-state index in [9.17, 15) is 4.91 Å². The second kappa shape index (κ2) is 3.85. The Balaban J connectivity index is 2.93. The first-order valence-corrected chi connectivity index (χ1v) is 3.95. The average Bonchev–Trinajstić information content (AvgIpc) is 2.07. The van der Waals surface area contributed by atoms with E-state index in [2.05, 4.69) is 5.29 Å². The third-order valence-electron chi connectivity index (χ3n) is 1.70. The minimum atomic E-state index is 0.604. The lowest BCUT2D eigenvalue weighted by atomic mass is 10.2. The SMILES string of the molecule is CCN(N=O)c1cccc(C)c1. The quantitative estimate of drug-likeness (QED) is 0.508. The van der Waals surface area contributed by atoms with Crippen LogP contribution < -0.4 is 5.01 Å². The number of hydrogen-bond donors (Lipinski definition) is 0. The van der Waals surface area contributed by atoms with Gasteiger partial charge in [-0.1, -0.05) is 12.1 Å². The van der Waals surface area contributed by atoms with E-state index in [1.807, 2.05) is 38.1 Å². The fourth-order valence-electron chi connectivity index (χ4n) is 1.08. The lowest BCUT2D eigenvalue weighted by Gasteiger charge is -2.12. The predicted octanol–water partition coefficient (Wildman–Crippen LogP) is 2.50. The molecule has 64 valence electrons. The average molecular weight is 164 g/mol. The predicted molar refractivity (Wildman–Crippen MR) is 50.0 cm³/mol. The Hall–Kier alpha value is -1.38. The van der Waals surface area contributed by atoms with Gasteiger partial charge in [-0.15, -0.1) is 4.91 Å². The maximum atomic E-state index is 10.3. The van der Waals surface area contributed by atoms with Crippen LogP contribution in [0.2, 0.25) is 0 Å². The highest BCUT2D eigenvalue weighted by molar-refractivity contribution is 5.47. The molecule has 0 aliphatic heterocycles. The van der Waals surface area contributed by atoms with Gasteiger partial charge in [0.1, 0.15) is 0 Å². The summed E-state index contributed by atoms with van der Waals surface area (Å²) in [6.07, 6.45) is 0. The fraction of sp³-hybridized carbons (Fsp3) is 0.333. The van der Waals surface area contributed by atoms with Crippen LogP contribution >= 0.6 is 0 Å². The van der Waals surface area contributed by atoms with Gasteiger partial charge in [0.2, 0.25) is 0 Å². The number of anilines is 1. The summed E-state index contributed by atoms with van der Waals surface area (Å²) in [4.78, 5) is 10.3. The van der Waals surface area contributed by atoms with Crippen LogP contribution in [0.4, 0.5) is 5.69 Å². The first kappa shape index (κ1) is 8.71. The fourth-order valence-corrected chi connectivity index (χ4v) is 1.08. The van der Waals surface area contributed by atoms with E-state index in [-0.39, 0.29) is 0 Å². The standard InChI is InChI=1S/C9H12N2O/c1-3-11(10-12)9-6-4-5-8(2)7-9/h4-7H,3H2,1-2H3. The summed E-state index contributed by atoms with van der Waals surface area (Å²) in [5, 5.41) is 4.32. The van der Waals surface area contributed by atoms with Gasteiger partial charge in [0.25, 0.3) is 0 Å². The molecule has 0 N–H and O–H groups in total. The summed E-state index contributed by atoms with van der Waals surface area (Å²) in [7, 11) is 0. The molecule has 0 aromatic heterocycles. The molecule has 0 radical (unpaired) electrons. The van der Waals surface area contributed by atoms with Crippen molar-refractivity contribution < 1.29 is 0 Å². The molecule has 0 saturated heterocycles. The van der Waals surface area contributed by atoms with Gasteiger partial charge < -0.3 is 0 Å². The Kier molecular flexibility index (Phi) is 2.80. The van der Waals surface area contributed by atoms with E-state index in [0.717, 1.165) is 11.3 Å². The van der Waals surface area contributed by atoms with Gasteiger partial charge in [-0.3, -0.25) is 0 Å². The molecular weight excluding hydrogens is 152 g/mol. The Morgan fingerprint density at radius 3 is 2.75 bits per heavy atom. The van der Waals surface area contributed by atoms with Gasteiger partial charge in [0.15, 0.2) is 0 Å². The minimum absolute atomic E-state index is 0.604. The van der Waals surface area contributed by atoms with E-state index in [0.29, 0.717) is 6.54 Å². The molecule has 0 spiro atoms. The second-order valence-corrected chi connectivity index (χ2v) is 2.64. The molecule has 0 bridgehead atoms. The smallest absolute Gasteiger partial charge is 0.0628 e. The molecule has 0 amide bonds. The van der Waals surface area contributed by atoms with Crippen molar-refractivity contribution in [2.75, 3.05) is 11.6 Å². The first-order valence-electron chi connectivity index (χ1n) is 3.95. The molecule has 0 fully saturated rings. The summed E-state index contributed by atoms with van der Waals surface area (Å²) in [5.74, 6) is 0.